The molecule has 0 saturated carbocycles. The second-order valence-electron chi connectivity index (χ2n) is 5.08. The Morgan fingerprint density at radius 2 is 2.28 bits per heavy atom. The molecule has 2 atom stereocenters. The third-order valence-electron chi connectivity index (χ3n) is 3.93. The van der Waals surface area contributed by atoms with E-state index in [9.17, 15) is 4.79 Å². The van der Waals surface area contributed by atoms with Crippen LogP contribution in [-0.4, -0.2) is 36.2 Å². The van der Waals surface area contributed by atoms with E-state index in [1.165, 1.54) is 10.5 Å². The van der Waals surface area contributed by atoms with E-state index in [1.54, 1.807) is 11.8 Å². The number of amides is 1. The molecule has 2 heterocycles. The number of carbonyl (C=O) groups excluding carboxylic acids is 1. The number of nitrogens with zero attached hydrogens (tertiary/aromatic N) is 1. The lowest BCUT2D eigenvalue weighted by molar-refractivity contribution is -0.131. The lowest BCUT2D eigenvalue weighted by atomic mass is 10.00. The van der Waals surface area contributed by atoms with E-state index < -0.39 is 0 Å². The zero-order chi connectivity index (χ0) is 12.5. The summed E-state index contributed by atoms with van der Waals surface area (Å²) >= 11 is 1.80. The summed E-state index contributed by atoms with van der Waals surface area (Å²) in [4.78, 5) is 15.8. The van der Waals surface area contributed by atoms with Gasteiger partial charge >= 0.3 is 0 Å². The number of benzene rings is 1. The molecule has 3 rings (SSSR count). The van der Waals surface area contributed by atoms with Gasteiger partial charge in [0.2, 0.25) is 5.91 Å². The van der Waals surface area contributed by atoms with Crippen LogP contribution in [-0.2, 0) is 4.79 Å². The summed E-state index contributed by atoms with van der Waals surface area (Å²) in [5, 5.41) is 0. The molecule has 0 spiro atoms. The van der Waals surface area contributed by atoms with Crippen LogP contribution in [0.5, 0.6) is 0 Å². The molecule has 4 heteroatoms. The molecular formula is C14H18N2OS. The predicted octanol–water partition coefficient (Wildman–Crippen LogP) is 1.68. The molecule has 0 unspecified atom stereocenters. The van der Waals surface area contributed by atoms with Crippen molar-refractivity contribution >= 4 is 17.7 Å². The quantitative estimate of drug-likeness (QED) is 0.882. The average Bonchev–Trinajstić information content (AvgIpc) is 3.04. The molecule has 1 fully saturated rings. The second kappa shape index (κ2) is 4.94. The fourth-order valence-electron chi connectivity index (χ4n) is 2.81. The monoisotopic (exact) mass is 262 g/mol. The third-order valence-corrected chi connectivity index (χ3v) is 5.11. The van der Waals surface area contributed by atoms with Crippen molar-refractivity contribution in [3.63, 3.8) is 0 Å². The van der Waals surface area contributed by atoms with Crippen molar-refractivity contribution in [2.24, 2.45) is 11.7 Å². The first-order valence-electron chi connectivity index (χ1n) is 6.50. The minimum Gasteiger partial charge on any atom is -0.342 e. The van der Waals surface area contributed by atoms with Crippen LogP contribution in [0.3, 0.4) is 0 Å². The zero-order valence-corrected chi connectivity index (χ0v) is 11.2. The highest BCUT2D eigenvalue weighted by Gasteiger charge is 2.34. The molecule has 0 aliphatic carbocycles. The molecule has 1 aromatic carbocycles. The summed E-state index contributed by atoms with van der Waals surface area (Å²) in [6.07, 6.45) is 1.06. The van der Waals surface area contributed by atoms with E-state index in [-0.39, 0.29) is 5.92 Å². The van der Waals surface area contributed by atoms with Crippen molar-refractivity contribution in [2.75, 3.05) is 25.4 Å². The summed E-state index contributed by atoms with van der Waals surface area (Å²) in [5.41, 5.74) is 6.90. The summed E-state index contributed by atoms with van der Waals surface area (Å²) in [6, 6.07) is 8.27. The summed E-state index contributed by atoms with van der Waals surface area (Å²) < 4.78 is 0. The van der Waals surface area contributed by atoms with Crippen LogP contribution in [0.4, 0.5) is 0 Å². The van der Waals surface area contributed by atoms with Gasteiger partial charge in [-0.3, -0.25) is 4.79 Å². The van der Waals surface area contributed by atoms with Gasteiger partial charge in [-0.1, -0.05) is 18.2 Å². The number of thioether (sulfide) groups is 1. The summed E-state index contributed by atoms with van der Waals surface area (Å²) in [5.74, 6) is 1.74. The molecular weight excluding hydrogens is 244 g/mol. The Balaban J connectivity index is 1.75. The van der Waals surface area contributed by atoms with Crippen LogP contribution in [0.1, 0.15) is 17.9 Å². The number of carbonyl (C=O) groups is 1. The number of hydrogen-bond acceptors (Lipinski definition) is 3. The molecule has 2 aliphatic rings. The van der Waals surface area contributed by atoms with Gasteiger partial charge in [-0.25, -0.2) is 0 Å². The molecule has 2 N–H and O–H groups in total. The van der Waals surface area contributed by atoms with Gasteiger partial charge in [-0.05, 0) is 30.5 Å². The fourth-order valence-corrected chi connectivity index (χ4v) is 4.03. The highest BCUT2D eigenvalue weighted by molar-refractivity contribution is 7.99. The van der Waals surface area contributed by atoms with Crippen molar-refractivity contribution in [3.8, 4) is 0 Å². The highest BCUT2D eigenvalue weighted by atomic mass is 32.2. The van der Waals surface area contributed by atoms with Crippen molar-refractivity contribution in [1.82, 2.24) is 4.90 Å². The van der Waals surface area contributed by atoms with E-state index in [1.807, 2.05) is 17.0 Å². The van der Waals surface area contributed by atoms with Crippen molar-refractivity contribution in [3.05, 3.63) is 29.8 Å². The Hall–Kier alpha value is -1.00. The van der Waals surface area contributed by atoms with Crippen LogP contribution in [0.25, 0.3) is 0 Å². The van der Waals surface area contributed by atoms with Crippen LogP contribution < -0.4 is 5.73 Å². The Labute approximate surface area is 112 Å². The fraction of sp³-hybridized carbons (Fsp3) is 0.500. The third kappa shape index (κ3) is 2.04. The number of rotatable bonds is 2. The number of nitrogens with two attached hydrogens (primary N) is 1. The molecule has 18 heavy (non-hydrogen) atoms. The molecule has 1 saturated heterocycles. The van der Waals surface area contributed by atoms with Gasteiger partial charge in [0.1, 0.15) is 0 Å². The van der Waals surface area contributed by atoms with Crippen molar-refractivity contribution < 1.29 is 4.79 Å². The largest absolute Gasteiger partial charge is 0.342 e. The molecule has 0 bridgehead atoms. The van der Waals surface area contributed by atoms with Crippen LogP contribution in [0, 0.1) is 5.92 Å². The van der Waals surface area contributed by atoms with Crippen LogP contribution >= 0.6 is 11.8 Å². The Kier molecular flexibility index (Phi) is 3.31. The normalized spacial score (nSPS) is 26.4. The minimum atomic E-state index is 0.0581. The lowest BCUT2D eigenvalue weighted by Gasteiger charge is -2.20. The van der Waals surface area contributed by atoms with Crippen LogP contribution in [0.2, 0.25) is 0 Å². The molecule has 0 aromatic heterocycles. The van der Waals surface area contributed by atoms with Crippen LogP contribution in [0.15, 0.2) is 29.2 Å². The smallest absolute Gasteiger partial charge is 0.231 e. The van der Waals surface area contributed by atoms with E-state index in [0.29, 0.717) is 18.4 Å². The Morgan fingerprint density at radius 3 is 3.06 bits per heavy atom. The van der Waals surface area contributed by atoms with E-state index in [0.717, 1.165) is 25.3 Å². The SMILES string of the molecule is NC[C@H]1CCN(C(=O)[C@H]2CSc3ccccc32)C1. The molecule has 1 aromatic rings. The maximum absolute atomic E-state index is 12.5. The van der Waals surface area contributed by atoms with Gasteiger partial charge < -0.3 is 10.6 Å². The highest BCUT2D eigenvalue weighted by Crippen LogP contribution is 2.40. The maximum Gasteiger partial charge on any atom is 0.231 e. The summed E-state index contributed by atoms with van der Waals surface area (Å²) in [7, 11) is 0. The molecule has 2 aliphatic heterocycles. The Bertz CT molecular complexity index is 463. The molecule has 96 valence electrons. The number of likely N-dealkylation sites (tertiary alicyclic amines) is 1. The van der Waals surface area contributed by atoms with Gasteiger partial charge in [0.25, 0.3) is 0 Å². The standard InChI is InChI=1S/C14H18N2OS/c15-7-10-5-6-16(8-10)14(17)12-9-18-13-4-2-1-3-11(12)13/h1-4,10,12H,5-9,15H2/t10-,12+/m1/s1. The van der Waals surface area contributed by atoms with E-state index >= 15 is 0 Å². The van der Waals surface area contributed by atoms with E-state index in [2.05, 4.69) is 12.1 Å². The summed E-state index contributed by atoms with van der Waals surface area (Å²) in [6.45, 7) is 2.42. The predicted molar refractivity (Wildman–Crippen MR) is 73.6 cm³/mol. The maximum atomic E-state index is 12.5. The van der Waals surface area contributed by atoms with E-state index in [4.69, 9.17) is 5.73 Å². The molecule has 1 amide bonds. The first-order valence-corrected chi connectivity index (χ1v) is 7.48. The van der Waals surface area contributed by atoms with Gasteiger partial charge in [-0.2, -0.15) is 0 Å². The molecule has 0 radical (unpaired) electrons. The minimum absolute atomic E-state index is 0.0581. The van der Waals surface area contributed by atoms with Gasteiger partial charge in [0.15, 0.2) is 0 Å². The van der Waals surface area contributed by atoms with Crippen molar-refractivity contribution in [1.29, 1.82) is 0 Å². The van der Waals surface area contributed by atoms with Gasteiger partial charge in [0, 0.05) is 23.7 Å². The van der Waals surface area contributed by atoms with Crippen molar-refractivity contribution in [2.45, 2.75) is 17.2 Å². The number of fused-ring (bicyclic) bond motifs is 1. The first-order chi connectivity index (χ1) is 8.79. The first kappa shape index (κ1) is 12.1. The topological polar surface area (TPSA) is 46.3 Å². The second-order valence-corrected chi connectivity index (χ2v) is 6.14. The van der Waals surface area contributed by atoms with Gasteiger partial charge in [-0.15, -0.1) is 11.8 Å². The zero-order valence-electron chi connectivity index (χ0n) is 10.3. The Morgan fingerprint density at radius 1 is 1.44 bits per heavy atom. The van der Waals surface area contributed by atoms with Gasteiger partial charge in [0.05, 0.1) is 5.92 Å². The lowest BCUT2D eigenvalue weighted by Crippen LogP contribution is -2.34. The average molecular weight is 262 g/mol. The number of hydrogen-bond donors (Lipinski definition) is 1. The molecule has 3 nitrogen and oxygen atoms in total.